The number of carbonyl (C=O) groups is 2. The normalized spacial score (nSPS) is 19.7. The smallest absolute Gasteiger partial charge is 0.295 e. The molecule has 1 atom stereocenters. The van der Waals surface area contributed by atoms with Crippen LogP contribution in [0, 0.1) is 0 Å². The molecular formula is C24H28N2O5S. The van der Waals surface area contributed by atoms with E-state index in [4.69, 9.17) is 9.47 Å². The fraction of sp³-hybridized carbons (Fsp3) is 0.417. The zero-order valence-corrected chi connectivity index (χ0v) is 19.2. The molecule has 0 unspecified atom stereocenters. The Morgan fingerprint density at radius 2 is 1.91 bits per heavy atom. The van der Waals surface area contributed by atoms with Crippen molar-refractivity contribution >= 4 is 28.8 Å². The number of aliphatic hydroxyl groups is 1. The van der Waals surface area contributed by atoms with E-state index < -0.39 is 17.7 Å². The van der Waals surface area contributed by atoms with Gasteiger partial charge in [0, 0.05) is 17.0 Å². The maximum atomic E-state index is 13.1. The summed E-state index contributed by atoms with van der Waals surface area (Å²) in [5.74, 6) is -0.300. The molecule has 7 nitrogen and oxygen atoms in total. The topological polar surface area (TPSA) is 79.3 Å². The molecule has 1 N–H and O–H groups in total. The van der Waals surface area contributed by atoms with Crippen molar-refractivity contribution in [3.8, 4) is 11.5 Å². The molecule has 0 aliphatic carbocycles. The number of ether oxygens (including phenoxy) is 2. The summed E-state index contributed by atoms with van der Waals surface area (Å²) in [6.07, 6.45) is 0.751. The summed E-state index contributed by atoms with van der Waals surface area (Å²) in [4.78, 5) is 30.8. The highest BCUT2D eigenvalue weighted by Crippen LogP contribution is 2.42. The third kappa shape index (κ3) is 4.25. The van der Waals surface area contributed by atoms with E-state index in [0.717, 1.165) is 30.9 Å². The van der Waals surface area contributed by atoms with Crippen molar-refractivity contribution in [2.24, 2.45) is 0 Å². The highest BCUT2D eigenvalue weighted by molar-refractivity contribution is 7.10. The number of benzene rings is 1. The lowest BCUT2D eigenvalue weighted by molar-refractivity contribution is -0.139. The predicted molar refractivity (Wildman–Crippen MR) is 123 cm³/mol. The number of carbonyl (C=O) groups excluding carboxylic acids is 2. The lowest BCUT2D eigenvalue weighted by Crippen LogP contribution is -2.33. The number of aliphatic hydroxyl groups excluding tert-OH is 1. The minimum Gasteiger partial charge on any atom is -0.507 e. The van der Waals surface area contributed by atoms with Crippen LogP contribution in [0.25, 0.3) is 5.76 Å². The van der Waals surface area contributed by atoms with Crippen LogP contribution >= 0.6 is 11.3 Å². The van der Waals surface area contributed by atoms with Crippen molar-refractivity contribution in [3.63, 3.8) is 0 Å². The molecule has 1 aromatic carbocycles. The van der Waals surface area contributed by atoms with Crippen LogP contribution in [0.5, 0.6) is 11.5 Å². The van der Waals surface area contributed by atoms with Crippen LogP contribution in [0.1, 0.15) is 36.8 Å². The number of hydrogen-bond donors (Lipinski definition) is 1. The quantitative estimate of drug-likeness (QED) is 0.371. The number of amides is 1. The molecule has 0 radical (unpaired) electrons. The lowest BCUT2D eigenvalue weighted by Gasteiger charge is -2.26. The van der Waals surface area contributed by atoms with E-state index in [1.807, 2.05) is 17.5 Å². The molecule has 1 amide bonds. The van der Waals surface area contributed by atoms with Gasteiger partial charge in [-0.3, -0.25) is 9.59 Å². The SMILES string of the molecule is CCN(CC)CCCN1C(=O)C(=O)C(=C(O)c2ccc3c(c2)OCCO3)[C@@H]1c1cccs1. The van der Waals surface area contributed by atoms with Crippen molar-refractivity contribution in [2.45, 2.75) is 26.3 Å². The number of nitrogens with zero attached hydrogens (tertiary/aromatic N) is 2. The molecule has 8 heteroatoms. The molecule has 1 saturated heterocycles. The van der Waals surface area contributed by atoms with Crippen molar-refractivity contribution in [1.29, 1.82) is 0 Å². The average molecular weight is 457 g/mol. The van der Waals surface area contributed by atoms with E-state index >= 15 is 0 Å². The number of Topliss-reactive ketones (excluding diaryl/α,β-unsaturated/α-hetero) is 1. The molecule has 0 bridgehead atoms. The number of thiophene rings is 1. The summed E-state index contributed by atoms with van der Waals surface area (Å²) in [6, 6.07) is 8.24. The Morgan fingerprint density at radius 1 is 1.16 bits per heavy atom. The van der Waals surface area contributed by atoms with Crippen LogP contribution in [-0.4, -0.2) is 66.0 Å². The van der Waals surface area contributed by atoms with Gasteiger partial charge < -0.3 is 24.4 Å². The minimum absolute atomic E-state index is 0.122. The van der Waals surface area contributed by atoms with Gasteiger partial charge in [-0.25, -0.2) is 0 Å². The summed E-state index contributed by atoms with van der Waals surface area (Å²) in [5, 5.41) is 13.1. The highest BCUT2D eigenvalue weighted by atomic mass is 32.1. The zero-order chi connectivity index (χ0) is 22.7. The van der Waals surface area contributed by atoms with Crippen LogP contribution in [0.3, 0.4) is 0 Å². The maximum absolute atomic E-state index is 13.1. The molecule has 170 valence electrons. The first-order chi connectivity index (χ1) is 15.5. The van der Waals surface area contributed by atoms with Crippen LogP contribution in [0.2, 0.25) is 0 Å². The Kier molecular flexibility index (Phi) is 6.81. The first-order valence-electron chi connectivity index (χ1n) is 11.0. The summed E-state index contributed by atoms with van der Waals surface area (Å²) in [6.45, 7) is 8.26. The van der Waals surface area contributed by atoms with Crippen molar-refractivity contribution in [2.75, 3.05) is 39.4 Å². The Balaban J connectivity index is 1.68. The summed E-state index contributed by atoms with van der Waals surface area (Å²) in [7, 11) is 0. The number of hydrogen-bond acceptors (Lipinski definition) is 7. The Morgan fingerprint density at radius 3 is 2.59 bits per heavy atom. The fourth-order valence-corrected chi connectivity index (χ4v) is 5.05. The van der Waals surface area contributed by atoms with Gasteiger partial charge in [-0.2, -0.15) is 0 Å². The number of rotatable bonds is 8. The summed E-state index contributed by atoms with van der Waals surface area (Å²) < 4.78 is 11.2. The second-order valence-corrected chi connectivity index (χ2v) is 8.73. The minimum atomic E-state index is -0.654. The van der Waals surface area contributed by atoms with Gasteiger partial charge in [0.25, 0.3) is 11.7 Å². The second-order valence-electron chi connectivity index (χ2n) is 7.75. The van der Waals surface area contributed by atoms with Gasteiger partial charge in [0.05, 0.1) is 11.6 Å². The Bertz CT molecular complexity index is 1010. The maximum Gasteiger partial charge on any atom is 0.295 e. The highest BCUT2D eigenvalue weighted by Gasteiger charge is 2.46. The molecule has 32 heavy (non-hydrogen) atoms. The average Bonchev–Trinajstić information content (AvgIpc) is 3.43. The number of fused-ring (bicyclic) bond motifs is 1. The van der Waals surface area contributed by atoms with Gasteiger partial charge in [-0.05, 0) is 55.7 Å². The second kappa shape index (κ2) is 9.75. The van der Waals surface area contributed by atoms with Crippen LogP contribution in [0.15, 0.2) is 41.3 Å². The largest absolute Gasteiger partial charge is 0.507 e. The molecule has 4 rings (SSSR count). The van der Waals surface area contributed by atoms with Gasteiger partial charge in [-0.1, -0.05) is 19.9 Å². The third-order valence-corrected chi connectivity index (χ3v) is 6.86. The lowest BCUT2D eigenvalue weighted by atomic mass is 9.99. The van der Waals surface area contributed by atoms with Gasteiger partial charge >= 0.3 is 0 Å². The van der Waals surface area contributed by atoms with Crippen LogP contribution < -0.4 is 9.47 Å². The fourth-order valence-electron chi connectivity index (χ4n) is 4.20. The molecule has 0 spiro atoms. The molecule has 2 aliphatic heterocycles. The van der Waals surface area contributed by atoms with E-state index in [9.17, 15) is 14.7 Å². The first kappa shape index (κ1) is 22.4. The van der Waals surface area contributed by atoms with E-state index in [1.54, 1.807) is 23.1 Å². The van der Waals surface area contributed by atoms with Crippen molar-refractivity contribution < 1.29 is 24.2 Å². The molecule has 2 aliphatic rings. The molecule has 3 heterocycles. The van der Waals surface area contributed by atoms with E-state index in [0.29, 0.717) is 36.8 Å². The van der Waals surface area contributed by atoms with Gasteiger partial charge in [0.1, 0.15) is 19.0 Å². The Hall–Kier alpha value is -2.84. The van der Waals surface area contributed by atoms with Gasteiger partial charge in [0.15, 0.2) is 11.5 Å². The van der Waals surface area contributed by atoms with Crippen LogP contribution in [-0.2, 0) is 9.59 Å². The van der Waals surface area contributed by atoms with Crippen molar-refractivity contribution in [1.82, 2.24) is 9.80 Å². The van der Waals surface area contributed by atoms with E-state index in [1.165, 1.54) is 11.3 Å². The van der Waals surface area contributed by atoms with Gasteiger partial charge in [0.2, 0.25) is 0 Å². The molecular weight excluding hydrogens is 428 g/mol. The Labute approximate surface area is 191 Å². The third-order valence-electron chi connectivity index (χ3n) is 5.94. The van der Waals surface area contributed by atoms with E-state index in [-0.39, 0.29) is 11.3 Å². The number of likely N-dealkylation sites (tertiary alicyclic amines) is 1. The van der Waals surface area contributed by atoms with E-state index in [2.05, 4.69) is 18.7 Å². The standard InChI is InChI=1S/C24H28N2O5S/c1-3-25(4-2)10-6-11-26-21(19-7-5-14-32-19)20(23(28)24(26)29)22(27)16-8-9-17-18(15-16)31-13-12-30-17/h5,7-9,14-15,21,27H,3-4,6,10-13H2,1-2H3/t21-/m0/s1. The predicted octanol–water partition coefficient (Wildman–Crippen LogP) is 3.67. The van der Waals surface area contributed by atoms with Gasteiger partial charge in [-0.15, -0.1) is 11.3 Å². The summed E-state index contributed by atoms with van der Waals surface area (Å²) in [5.41, 5.74) is 0.550. The molecule has 1 aromatic heterocycles. The number of ketones is 1. The molecule has 1 fully saturated rings. The first-order valence-corrected chi connectivity index (χ1v) is 11.9. The molecule has 0 saturated carbocycles. The van der Waals surface area contributed by atoms with Crippen LogP contribution in [0.4, 0.5) is 0 Å². The van der Waals surface area contributed by atoms with Crippen molar-refractivity contribution in [3.05, 3.63) is 51.7 Å². The zero-order valence-electron chi connectivity index (χ0n) is 18.4. The summed E-state index contributed by atoms with van der Waals surface area (Å²) >= 11 is 1.47. The molecule has 2 aromatic rings. The monoisotopic (exact) mass is 456 g/mol.